The summed E-state index contributed by atoms with van der Waals surface area (Å²) in [5.41, 5.74) is 4.33. The van der Waals surface area contributed by atoms with Gasteiger partial charge in [-0.05, 0) is 35.7 Å². The summed E-state index contributed by atoms with van der Waals surface area (Å²) in [6, 6.07) is 24.8. The van der Waals surface area contributed by atoms with Gasteiger partial charge in [0.25, 0.3) is 0 Å². The van der Waals surface area contributed by atoms with Gasteiger partial charge in [-0.25, -0.2) is 8.42 Å². The Labute approximate surface area is 171 Å². The zero-order valence-corrected chi connectivity index (χ0v) is 17.0. The van der Waals surface area contributed by atoms with Gasteiger partial charge < -0.3 is 4.74 Å². The second kappa shape index (κ2) is 7.10. The van der Waals surface area contributed by atoms with Crippen molar-refractivity contribution in [2.24, 2.45) is 0 Å². The van der Waals surface area contributed by atoms with Crippen LogP contribution in [0.4, 0.5) is 0 Å². The molecule has 148 valence electrons. The molecule has 0 bridgehead atoms. The average molecular weight is 406 g/mol. The Morgan fingerprint density at radius 1 is 0.931 bits per heavy atom. The Hall–Kier alpha value is -2.47. The lowest BCUT2D eigenvalue weighted by molar-refractivity contribution is 0.0234. The van der Waals surface area contributed by atoms with E-state index in [1.54, 1.807) is 16.4 Å². The lowest BCUT2D eigenvalue weighted by atomic mass is 10.1. The summed E-state index contributed by atoms with van der Waals surface area (Å²) in [7, 11) is -3.71. The van der Waals surface area contributed by atoms with Crippen LogP contribution in [0.15, 0.2) is 83.8 Å². The number of sulfonamides is 1. The number of rotatable bonds is 4. The van der Waals surface area contributed by atoms with Crippen LogP contribution in [0.25, 0.3) is 0 Å². The van der Waals surface area contributed by atoms with Gasteiger partial charge in [0.2, 0.25) is 10.0 Å². The summed E-state index contributed by atoms with van der Waals surface area (Å²) in [5, 5.41) is 0. The molecule has 1 saturated heterocycles. The topological polar surface area (TPSA) is 46.6 Å². The monoisotopic (exact) mass is 405 g/mol. The minimum absolute atomic E-state index is 0.152. The predicted molar refractivity (Wildman–Crippen MR) is 112 cm³/mol. The lowest BCUT2D eigenvalue weighted by Gasteiger charge is -2.27. The van der Waals surface area contributed by atoms with Crippen LogP contribution in [0.3, 0.4) is 0 Å². The summed E-state index contributed by atoms with van der Waals surface area (Å²) in [6.45, 7) is 1.96. The Morgan fingerprint density at radius 3 is 2.38 bits per heavy atom. The summed E-state index contributed by atoms with van der Waals surface area (Å²) in [6.07, 6.45) is 0.598. The molecule has 1 heterocycles. The van der Waals surface area contributed by atoms with E-state index in [0.29, 0.717) is 11.3 Å². The van der Waals surface area contributed by atoms with Crippen molar-refractivity contribution in [3.8, 4) is 0 Å². The van der Waals surface area contributed by atoms with Crippen LogP contribution in [0.2, 0.25) is 0 Å². The average Bonchev–Trinajstić information content (AvgIpc) is 3.24. The SMILES string of the molecule is Cc1ccc(S(=O)(=O)N2[C@H](Cc3ccccc3)O[C@@H]3Cc4ccccc4[C@@H]32)cc1. The number of fused-ring (bicyclic) bond motifs is 3. The minimum atomic E-state index is -3.71. The van der Waals surface area contributed by atoms with E-state index in [2.05, 4.69) is 6.07 Å². The van der Waals surface area contributed by atoms with Crippen molar-refractivity contribution in [2.45, 2.75) is 43.0 Å². The predicted octanol–water partition coefficient (Wildman–Crippen LogP) is 4.25. The van der Waals surface area contributed by atoms with Crippen LogP contribution >= 0.6 is 0 Å². The summed E-state index contributed by atoms with van der Waals surface area (Å²) < 4.78 is 35.5. The minimum Gasteiger partial charge on any atom is -0.356 e. The van der Waals surface area contributed by atoms with Gasteiger partial charge in [-0.2, -0.15) is 4.31 Å². The van der Waals surface area contributed by atoms with E-state index >= 15 is 0 Å². The van der Waals surface area contributed by atoms with Crippen molar-refractivity contribution < 1.29 is 13.2 Å². The molecule has 0 unspecified atom stereocenters. The number of ether oxygens (including phenoxy) is 1. The largest absolute Gasteiger partial charge is 0.356 e. The third-order valence-electron chi connectivity index (χ3n) is 5.89. The van der Waals surface area contributed by atoms with Crippen molar-refractivity contribution in [3.63, 3.8) is 0 Å². The molecule has 1 fully saturated rings. The van der Waals surface area contributed by atoms with Crippen LogP contribution < -0.4 is 0 Å². The Kier molecular flexibility index (Phi) is 4.54. The Bertz CT molecular complexity index is 1130. The van der Waals surface area contributed by atoms with Crippen molar-refractivity contribution in [2.75, 3.05) is 0 Å². The fourth-order valence-corrected chi connectivity index (χ4v) is 6.20. The van der Waals surface area contributed by atoms with E-state index < -0.39 is 16.3 Å². The third-order valence-corrected chi connectivity index (χ3v) is 7.77. The Balaban J connectivity index is 1.59. The van der Waals surface area contributed by atoms with Crippen molar-refractivity contribution in [3.05, 3.63) is 101 Å². The smallest absolute Gasteiger partial charge is 0.245 e. The van der Waals surface area contributed by atoms with Crippen LogP contribution in [0.1, 0.15) is 28.3 Å². The van der Waals surface area contributed by atoms with E-state index in [9.17, 15) is 8.42 Å². The molecular formula is C24H23NO3S. The molecule has 29 heavy (non-hydrogen) atoms. The van der Waals surface area contributed by atoms with Gasteiger partial charge >= 0.3 is 0 Å². The maximum absolute atomic E-state index is 13.7. The number of hydrogen-bond acceptors (Lipinski definition) is 3. The van der Waals surface area contributed by atoms with Crippen LogP contribution in [0, 0.1) is 6.92 Å². The third kappa shape index (κ3) is 3.19. The van der Waals surface area contributed by atoms with Gasteiger partial charge in [0, 0.05) is 12.8 Å². The van der Waals surface area contributed by atoms with Crippen molar-refractivity contribution in [1.82, 2.24) is 4.31 Å². The first kappa shape index (κ1) is 18.6. The number of nitrogens with zero attached hydrogens (tertiary/aromatic N) is 1. The molecule has 0 saturated carbocycles. The summed E-state index contributed by atoms with van der Waals surface area (Å²) in [4.78, 5) is 0.315. The molecule has 5 rings (SSSR count). The van der Waals surface area contributed by atoms with Crippen molar-refractivity contribution >= 4 is 10.0 Å². The molecule has 1 aliphatic heterocycles. The first-order valence-electron chi connectivity index (χ1n) is 9.91. The normalized spacial score (nSPS) is 23.7. The number of hydrogen-bond donors (Lipinski definition) is 0. The van der Waals surface area contributed by atoms with E-state index in [4.69, 9.17) is 4.74 Å². The van der Waals surface area contributed by atoms with E-state index in [-0.39, 0.29) is 12.1 Å². The number of benzene rings is 3. The first-order chi connectivity index (χ1) is 14.0. The highest BCUT2D eigenvalue weighted by Gasteiger charge is 2.52. The first-order valence-corrected chi connectivity index (χ1v) is 11.4. The lowest BCUT2D eigenvalue weighted by Crippen LogP contribution is -2.39. The van der Waals surface area contributed by atoms with Gasteiger partial charge in [-0.3, -0.25) is 0 Å². The van der Waals surface area contributed by atoms with E-state index in [0.717, 1.165) is 23.1 Å². The number of aryl methyl sites for hydroxylation is 1. The Morgan fingerprint density at radius 2 is 1.62 bits per heavy atom. The maximum Gasteiger partial charge on any atom is 0.245 e. The zero-order valence-electron chi connectivity index (χ0n) is 16.2. The van der Waals surface area contributed by atoms with E-state index in [1.165, 1.54) is 5.56 Å². The second-order valence-electron chi connectivity index (χ2n) is 7.81. The molecule has 0 radical (unpaired) electrons. The quantitative estimate of drug-likeness (QED) is 0.652. The standard InChI is InChI=1S/C24H23NO3S/c1-17-11-13-20(14-12-17)29(26,27)25-23(15-18-7-3-2-4-8-18)28-22-16-19-9-5-6-10-21(19)24(22)25/h2-14,22-24H,15-16H2,1H3/t22-,23+,24+/m1/s1. The molecule has 1 aliphatic carbocycles. The van der Waals surface area contributed by atoms with Gasteiger partial charge in [0.15, 0.2) is 0 Å². The molecule has 3 aromatic carbocycles. The van der Waals surface area contributed by atoms with Gasteiger partial charge in [0.1, 0.15) is 6.23 Å². The highest BCUT2D eigenvalue weighted by atomic mass is 32.2. The van der Waals surface area contributed by atoms with E-state index in [1.807, 2.05) is 67.6 Å². The molecule has 3 atom stereocenters. The molecule has 0 spiro atoms. The summed E-state index contributed by atoms with van der Waals surface area (Å²) >= 11 is 0. The molecule has 0 aromatic heterocycles. The van der Waals surface area contributed by atoms with Gasteiger partial charge in [-0.15, -0.1) is 0 Å². The van der Waals surface area contributed by atoms with Gasteiger partial charge in [0.05, 0.1) is 17.0 Å². The highest BCUT2D eigenvalue weighted by Crippen LogP contribution is 2.47. The highest BCUT2D eigenvalue weighted by molar-refractivity contribution is 7.89. The molecule has 5 heteroatoms. The maximum atomic E-state index is 13.7. The summed E-state index contributed by atoms with van der Waals surface area (Å²) in [5.74, 6) is 0. The molecule has 2 aliphatic rings. The fraction of sp³-hybridized carbons (Fsp3) is 0.250. The fourth-order valence-electron chi connectivity index (χ4n) is 4.49. The van der Waals surface area contributed by atoms with Crippen molar-refractivity contribution in [1.29, 1.82) is 0 Å². The molecule has 3 aromatic rings. The molecule has 0 N–H and O–H groups in total. The van der Waals surface area contributed by atoms with Crippen LogP contribution in [-0.2, 0) is 27.6 Å². The van der Waals surface area contributed by atoms with Gasteiger partial charge in [-0.1, -0.05) is 72.3 Å². The molecular weight excluding hydrogens is 382 g/mol. The van der Waals surface area contributed by atoms with Crippen LogP contribution in [0.5, 0.6) is 0 Å². The van der Waals surface area contributed by atoms with Crippen LogP contribution in [-0.4, -0.2) is 25.1 Å². The molecule has 4 nitrogen and oxygen atoms in total. The molecule has 0 amide bonds. The zero-order chi connectivity index (χ0) is 20.0. The second-order valence-corrected chi connectivity index (χ2v) is 9.66.